The van der Waals surface area contributed by atoms with E-state index in [1.165, 1.54) is 5.56 Å². The van der Waals surface area contributed by atoms with Crippen LogP contribution in [-0.4, -0.2) is 21.3 Å². The second-order valence-corrected chi connectivity index (χ2v) is 4.75. The monoisotopic (exact) mass is 273 g/mol. The molecule has 0 atom stereocenters. The topological polar surface area (TPSA) is 57.0 Å². The Morgan fingerprint density at radius 2 is 2.15 bits per heavy atom. The van der Waals surface area contributed by atoms with Crippen LogP contribution in [0.25, 0.3) is 0 Å². The van der Waals surface area contributed by atoms with Gasteiger partial charge in [-0.05, 0) is 37.5 Å². The fraction of sp³-hybridized carbons (Fsp3) is 0.400. The van der Waals surface area contributed by atoms with Gasteiger partial charge in [0.2, 0.25) is 0 Å². The van der Waals surface area contributed by atoms with E-state index in [0.717, 1.165) is 36.3 Å². The lowest BCUT2D eigenvalue weighted by atomic mass is 10.1. The second kappa shape index (κ2) is 6.32. The Labute approximate surface area is 118 Å². The maximum absolute atomic E-state index is 11.0. The van der Waals surface area contributed by atoms with Crippen molar-refractivity contribution >= 4 is 6.29 Å². The van der Waals surface area contributed by atoms with E-state index in [1.54, 1.807) is 4.68 Å². The molecule has 0 radical (unpaired) electrons. The Hall–Kier alpha value is -2.17. The van der Waals surface area contributed by atoms with Crippen LogP contribution in [0.5, 0.6) is 5.75 Å². The van der Waals surface area contributed by atoms with Crippen LogP contribution in [-0.2, 0) is 13.2 Å². The molecule has 5 nitrogen and oxygen atoms in total. The number of aromatic nitrogens is 3. The molecule has 1 heterocycles. The molecule has 0 N–H and O–H groups in total. The number of hydrogen-bond acceptors (Lipinski definition) is 4. The molecule has 0 saturated heterocycles. The van der Waals surface area contributed by atoms with E-state index in [1.807, 2.05) is 32.0 Å². The lowest BCUT2D eigenvalue weighted by Gasteiger charge is -2.11. The third-order valence-electron chi connectivity index (χ3n) is 3.33. The molecule has 0 unspecified atom stereocenters. The zero-order chi connectivity index (χ0) is 14.5. The Bertz CT molecular complexity index is 605. The number of rotatable bonds is 6. The van der Waals surface area contributed by atoms with E-state index in [0.29, 0.717) is 12.3 Å². The molecule has 106 valence electrons. The Balaban J connectivity index is 2.19. The van der Waals surface area contributed by atoms with Crippen LogP contribution in [0.15, 0.2) is 18.2 Å². The average molecular weight is 273 g/mol. The molecule has 0 saturated carbocycles. The normalized spacial score (nSPS) is 10.6. The number of hydrogen-bond donors (Lipinski definition) is 0. The van der Waals surface area contributed by atoms with Crippen molar-refractivity contribution in [2.24, 2.45) is 0 Å². The molecule has 0 aliphatic rings. The molecular formula is C15H19N3O2. The number of ether oxygens (including phenoxy) is 1. The molecule has 0 bridgehead atoms. The summed E-state index contributed by atoms with van der Waals surface area (Å²) in [6.45, 7) is 7.14. The molecule has 0 spiro atoms. The van der Waals surface area contributed by atoms with Crippen LogP contribution in [0.1, 0.15) is 40.7 Å². The lowest BCUT2D eigenvalue weighted by Crippen LogP contribution is -2.09. The maximum Gasteiger partial charge on any atom is 0.172 e. The van der Waals surface area contributed by atoms with Crippen molar-refractivity contribution in [3.63, 3.8) is 0 Å². The summed E-state index contributed by atoms with van der Waals surface area (Å²) in [7, 11) is 0. The molecule has 1 aromatic heterocycles. The number of carbonyl (C=O) groups is 1. The molecule has 0 aliphatic carbocycles. The van der Waals surface area contributed by atoms with Crippen molar-refractivity contribution in [2.45, 2.75) is 40.3 Å². The van der Waals surface area contributed by atoms with Gasteiger partial charge in [0.1, 0.15) is 18.1 Å². The lowest BCUT2D eigenvalue weighted by molar-refractivity contribution is 0.111. The highest BCUT2D eigenvalue weighted by atomic mass is 16.5. The summed E-state index contributed by atoms with van der Waals surface area (Å²) in [6, 6.07) is 5.93. The van der Waals surface area contributed by atoms with Gasteiger partial charge in [-0.15, -0.1) is 5.10 Å². The molecule has 2 rings (SSSR count). The summed E-state index contributed by atoms with van der Waals surface area (Å²) in [4.78, 5) is 11.0. The zero-order valence-corrected chi connectivity index (χ0v) is 12.1. The summed E-state index contributed by atoms with van der Waals surface area (Å²) in [5, 5.41) is 7.85. The van der Waals surface area contributed by atoms with E-state index in [-0.39, 0.29) is 0 Å². The van der Waals surface area contributed by atoms with Gasteiger partial charge in [-0.2, -0.15) is 0 Å². The Kier molecular flexibility index (Phi) is 4.50. The number of carbonyl (C=O) groups excluding carboxylic acids is 1. The van der Waals surface area contributed by atoms with Crippen molar-refractivity contribution in [1.82, 2.24) is 15.0 Å². The average Bonchev–Trinajstić information content (AvgIpc) is 2.83. The summed E-state index contributed by atoms with van der Waals surface area (Å²) >= 11 is 0. The highest BCUT2D eigenvalue weighted by Gasteiger charge is 2.13. The van der Waals surface area contributed by atoms with Crippen LogP contribution < -0.4 is 4.74 Å². The van der Waals surface area contributed by atoms with Crippen molar-refractivity contribution in [2.75, 3.05) is 0 Å². The van der Waals surface area contributed by atoms with Crippen LogP contribution in [0.3, 0.4) is 0 Å². The summed E-state index contributed by atoms with van der Waals surface area (Å²) < 4.78 is 7.56. The first kappa shape index (κ1) is 14.2. The van der Waals surface area contributed by atoms with E-state index < -0.39 is 0 Å². The minimum Gasteiger partial charge on any atom is -0.487 e. The van der Waals surface area contributed by atoms with Gasteiger partial charge in [-0.25, -0.2) is 4.68 Å². The third kappa shape index (κ3) is 2.87. The van der Waals surface area contributed by atoms with E-state index in [9.17, 15) is 4.79 Å². The first-order valence-electron chi connectivity index (χ1n) is 6.74. The molecule has 0 amide bonds. The molecular weight excluding hydrogens is 254 g/mol. The Morgan fingerprint density at radius 3 is 2.85 bits per heavy atom. The minimum absolute atomic E-state index is 0.297. The SMILES string of the molecule is CCCn1nnc(C=O)c1COc1cccc(C)c1C. The fourth-order valence-corrected chi connectivity index (χ4v) is 2.00. The third-order valence-corrected chi connectivity index (χ3v) is 3.33. The van der Waals surface area contributed by atoms with Crippen LogP contribution in [0.2, 0.25) is 0 Å². The number of aryl methyl sites for hydroxylation is 2. The molecule has 0 fully saturated rings. The summed E-state index contributed by atoms with van der Waals surface area (Å²) in [5.74, 6) is 0.825. The molecule has 5 heteroatoms. The van der Waals surface area contributed by atoms with Gasteiger partial charge < -0.3 is 4.74 Å². The van der Waals surface area contributed by atoms with Crippen LogP contribution >= 0.6 is 0 Å². The van der Waals surface area contributed by atoms with Gasteiger partial charge >= 0.3 is 0 Å². The molecule has 1 aromatic carbocycles. The van der Waals surface area contributed by atoms with Crippen molar-refractivity contribution in [1.29, 1.82) is 0 Å². The highest BCUT2D eigenvalue weighted by Crippen LogP contribution is 2.22. The zero-order valence-electron chi connectivity index (χ0n) is 12.1. The van der Waals surface area contributed by atoms with Crippen LogP contribution in [0, 0.1) is 13.8 Å². The Morgan fingerprint density at radius 1 is 1.35 bits per heavy atom. The van der Waals surface area contributed by atoms with Gasteiger partial charge in [-0.1, -0.05) is 24.3 Å². The number of benzene rings is 1. The number of aldehydes is 1. The van der Waals surface area contributed by atoms with E-state index in [4.69, 9.17) is 4.74 Å². The van der Waals surface area contributed by atoms with Gasteiger partial charge in [-0.3, -0.25) is 4.79 Å². The quantitative estimate of drug-likeness (QED) is 0.759. The molecule has 20 heavy (non-hydrogen) atoms. The maximum atomic E-state index is 11.0. The second-order valence-electron chi connectivity index (χ2n) is 4.75. The predicted octanol–water partition coefficient (Wildman–Crippen LogP) is 2.70. The van der Waals surface area contributed by atoms with Gasteiger partial charge in [0, 0.05) is 6.54 Å². The van der Waals surface area contributed by atoms with E-state index >= 15 is 0 Å². The summed E-state index contributed by atoms with van der Waals surface area (Å²) in [6.07, 6.45) is 1.65. The standard InChI is InChI=1S/C15H19N3O2/c1-4-8-18-14(13(9-19)16-17-18)10-20-15-7-5-6-11(2)12(15)3/h5-7,9H,4,8,10H2,1-3H3. The van der Waals surface area contributed by atoms with Crippen molar-refractivity contribution < 1.29 is 9.53 Å². The first-order valence-corrected chi connectivity index (χ1v) is 6.74. The van der Waals surface area contributed by atoms with Gasteiger partial charge in [0.15, 0.2) is 12.0 Å². The largest absolute Gasteiger partial charge is 0.487 e. The van der Waals surface area contributed by atoms with Gasteiger partial charge in [0.05, 0.1) is 0 Å². The van der Waals surface area contributed by atoms with E-state index in [2.05, 4.69) is 17.2 Å². The van der Waals surface area contributed by atoms with Crippen molar-refractivity contribution in [3.05, 3.63) is 40.7 Å². The highest BCUT2D eigenvalue weighted by molar-refractivity contribution is 5.73. The molecule has 2 aromatic rings. The first-order chi connectivity index (χ1) is 9.67. The minimum atomic E-state index is 0.297. The van der Waals surface area contributed by atoms with Crippen molar-refractivity contribution in [3.8, 4) is 5.75 Å². The summed E-state index contributed by atoms with van der Waals surface area (Å²) in [5.41, 5.74) is 3.36. The van der Waals surface area contributed by atoms with Crippen LogP contribution in [0.4, 0.5) is 0 Å². The number of nitrogens with zero attached hydrogens (tertiary/aromatic N) is 3. The fourth-order valence-electron chi connectivity index (χ4n) is 2.00. The smallest absolute Gasteiger partial charge is 0.172 e. The van der Waals surface area contributed by atoms with Gasteiger partial charge in [0.25, 0.3) is 0 Å². The predicted molar refractivity (Wildman–Crippen MR) is 75.9 cm³/mol. The molecule has 0 aliphatic heterocycles.